The standard InChI is InChI=1S/C18H18N2O4/c1-11-8-12(2)18(13(3)9-11)17(21)10-16(19-22)14-4-6-15(7-5-14)20(23)24/h4-9,22H,10H2,1-3H3/b19-16+. The van der Waals surface area contributed by atoms with Gasteiger partial charge in [-0.25, -0.2) is 0 Å². The van der Waals surface area contributed by atoms with Gasteiger partial charge >= 0.3 is 0 Å². The average molecular weight is 326 g/mol. The number of carbonyl (C=O) groups is 1. The van der Waals surface area contributed by atoms with Gasteiger partial charge in [0.2, 0.25) is 0 Å². The van der Waals surface area contributed by atoms with Crippen LogP contribution in [0, 0.1) is 30.9 Å². The molecule has 0 fully saturated rings. The molecule has 0 saturated heterocycles. The monoisotopic (exact) mass is 326 g/mol. The van der Waals surface area contributed by atoms with Gasteiger partial charge in [-0.05, 0) is 44.0 Å². The molecule has 0 heterocycles. The van der Waals surface area contributed by atoms with Crippen molar-refractivity contribution in [3.8, 4) is 0 Å². The van der Waals surface area contributed by atoms with Crippen LogP contribution in [0.1, 0.15) is 39.0 Å². The van der Waals surface area contributed by atoms with Gasteiger partial charge < -0.3 is 5.21 Å². The highest BCUT2D eigenvalue weighted by Crippen LogP contribution is 2.20. The molecule has 0 aliphatic carbocycles. The maximum Gasteiger partial charge on any atom is 0.269 e. The molecule has 0 bridgehead atoms. The first-order chi connectivity index (χ1) is 11.3. The summed E-state index contributed by atoms with van der Waals surface area (Å²) >= 11 is 0. The van der Waals surface area contributed by atoms with Crippen LogP contribution in [0.25, 0.3) is 0 Å². The molecule has 2 rings (SSSR count). The summed E-state index contributed by atoms with van der Waals surface area (Å²) in [7, 11) is 0. The van der Waals surface area contributed by atoms with Gasteiger partial charge in [-0.15, -0.1) is 0 Å². The molecule has 0 radical (unpaired) electrons. The smallest absolute Gasteiger partial charge is 0.269 e. The Bertz CT molecular complexity index is 800. The van der Waals surface area contributed by atoms with Crippen LogP contribution in [0.3, 0.4) is 0 Å². The van der Waals surface area contributed by atoms with Crippen LogP contribution in [0.2, 0.25) is 0 Å². The average Bonchev–Trinajstić information content (AvgIpc) is 2.51. The molecule has 0 spiro atoms. The van der Waals surface area contributed by atoms with E-state index >= 15 is 0 Å². The van der Waals surface area contributed by atoms with Gasteiger partial charge in [0, 0.05) is 23.3 Å². The van der Waals surface area contributed by atoms with Gasteiger partial charge in [0.1, 0.15) is 0 Å². The van der Waals surface area contributed by atoms with Crippen molar-refractivity contribution in [2.75, 3.05) is 0 Å². The fourth-order valence-electron chi connectivity index (χ4n) is 2.83. The number of hydrogen-bond donors (Lipinski definition) is 1. The highest BCUT2D eigenvalue weighted by atomic mass is 16.6. The van der Waals surface area contributed by atoms with E-state index in [0.29, 0.717) is 11.1 Å². The van der Waals surface area contributed by atoms with Crippen molar-refractivity contribution in [1.82, 2.24) is 0 Å². The largest absolute Gasteiger partial charge is 0.411 e. The topological polar surface area (TPSA) is 92.8 Å². The normalized spacial score (nSPS) is 11.4. The number of oxime groups is 1. The SMILES string of the molecule is Cc1cc(C)c(C(=O)C/C(=N\O)c2ccc([N+](=O)[O-])cc2)c(C)c1. The Kier molecular flexibility index (Phi) is 5.08. The molecular weight excluding hydrogens is 308 g/mol. The van der Waals surface area contributed by atoms with E-state index in [1.807, 2.05) is 32.9 Å². The molecule has 6 heteroatoms. The van der Waals surface area contributed by atoms with E-state index in [1.54, 1.807) is 0 Å². The lowest BCUT2D eigenvalue weighted by Crippen LogP contribution is -2.12. The number of nitrogens with zero attached hydrogens (tertiary/aromatic N) is 2. The molecule has 24 heavy (non-hydrogen) atoms. The minimum absolute atomic E-state index is 0.0624. The molecule has 124 valence electrons. The molecule has 0 aromatic heterocycles. The number of Topliss-reactive ketones (excluding diaryl/α,β-unsaturated/α-hetero) is 1. The summed E-state index contributed by atoms with van der Waals surface area (Å²) in [6.07, 6.45) is -0.0843. The Balaban J connectivity index is 2.28. The van der Waals surface area contributed by atoms with Crippen LogP contribution < -0.4 is 0 Å². The third-order valence-corrected chi connectivity index (χ3v) is 3.82. The summed E-state index contributed by atoms with van der Waals surface area (Å²) in [5.41, 5.74) is 4.02. The number of nitro groups is 1. The fourth-order valence-corrected chi connectivity index (χ4v) is 2.83. The Morgan fingerprint density at radius 1 is 1.12 bits per heavy atom. The number of ketones is 1. The Morgan fingerprint density at radius 2 is 1.67 bits per heavy atom. The summed E-state index contributed by atoms with van der Waals surface area (Å²) in [4.78, 5) is 22.8. The van der Waals surface area contributed by atoms with Crippen LogP contribution in [0.5, 0.6) is 0 Å². The maximum absolute atomic E-state index is 12.6. The van der Waals surface area contributed by atoms with Crippen LogP contribution in [0.15, 0.2) is 41.6 Å². The zero-order valence-electron chi connectivity index (χ0n) is 13.7. The van der Waals surface area contributed by atoms with Crippen LogP contribution in [0.4, 0.5) is 5.69 Å². The van der Waals surface area contributed by atoms with Crippen LogP contribution >= 0.6 is 0 Å². The summed E-state index contributed by atoms with van der Waals surface area (Å²) in [6.45, 7) is 5.70. The number of non-ortho nitro benzene ring substituents is 1. The number of carbonyl (C=O) groups excluding carboxylic acids is 1. The fraction of sp³-hybridized carbons (Fsp3) is 0.222. The van der Waals surface area contributed by atoms with E-state index < -0.39 is 4.92 Å². The van der Waals surface area contributed by atoms with Gasteiger partial charge in [-0.1, -0.05) is 22.9 Å². The number of rotatable bonds is 5. The van der Waals surface area contributed by atoms with Crippen LogP contribution in [-0.2, 0) is 0 Å². The predicted molar refractivity (Wildman–Crippen MR) is 91.0 cm³/mol. The van der Waals surface area contributed by atoms with E-state index in [0.717, 1.165) is 16.7 Å². The van der Waals surface area contributed by atoms with Crippen molar-refractivity contribution in [3.05, 3.63) is 74.3 Å². The van der Waals surface area contributed by atoms with Crippen molar-refractivity contribution >= 4 is 17.2 Å². The zero-order chi connectivity index (χ0) is 17.9. The quantitative estimate of drug-likeness (QED) is 0.296. The molecule has 0 aliphatic rings. The number of nitro benzene ring substituents is 1. The van der Waals surface area contributed by atoms with Gasteiger partial charge in [-0.3, -0.25) is 14.9 Å². The Morgan fingerprint density at radius 3 is 2.12 bits per heavy atom. The van der Waals surface area contributed by atoms with Crippen molar-refractivity contribution < 1.29 is 14.9 Å². The Hall–Kier alpha value is -3.02. The molecule has 2 aromatic rings. The molecule has 1 N–H and O–H groups in total. The first-order valence-corrected chi connectivity index (χ1v) is 7.40. The number of benzene rings is 2. The van der Waals surface area contributed by atoms with E-state index in [1.165, 1.54) is 24.3 Å². The molecule has 0 aliphatic heterocycles. The van der Waals surface area contributed by atoms with E-state index in [4.69, 9.17) is 0 Å². The minimum atomic E-state index is -0.510. The third-order valence-electron chi connectivity index (χ3n) is 3.82. The molecule has 0 amide bonds. The number of aryl methyl sites for hydroxylation is 3. The highest BCUT2D eigenvalue weighted by molar-refractivity contribution is 6.16. The van der Waals surface area contributed by atoms with Crippen molar-refractivity contribution in [3.63, 3.8) is 0 Å². The minimum Gasteiger partial charge on any atom is -0.411 e. The molecular formula is C18H18N2O4. The Labute approximate surface area is 139 Å². The van der Waals surface area contributed by atoms with Crippen LogP contribution in [-0.4, -0.2) is 21.6 Å². The molecule has 0 unspecified atom stereocenters. The molecule has 0 atom stereocenters. The second kappa shape index (κ2) is 7.04. The van der Waals surface area contributed by atoms with Gasteiger partial charge in [-0.2, -0.15) is 0 Å². The summed E-state index contributed by atoms with van der Waals surface area (Å²) < 4.78 is 0. The first-order valence-electron chi connectivity index (χ1n) is 7.40. The molecule has 6 nitrogen and oxygen atoms in total. The first kappa shape index (κ1) is 17.3. The summed E-state index contributed by atoms with van der Waals surface area (Å²) in [6, 6.07) is 9.43. The summed E-state index contributed by atoms with van der Waals surface area (Å²) in [5.74, 6) is -0.156. The molecule has 2 aromatic carbocycles. The second-order valence-corrected chi connectivity index (χ2v) is 5.72. The van der Waals surface area contributed by atoms with Crippen molar-refractivity contribution in [2.24, 2.45) is 5.16 Å². The lowest BCUT2D eigenvalue weighted by molar-refractivity contribution is -0.384. The predicted octanol–water partition coefficient (Wildman–Crippen LogP) is 3.97. The number of hydrogen-bond acceptors (Lipinski definition) is 5. The highest BCUT2D eigenvalue weighted by Gasteiger charge is 2.17. The van der Waals surface area contributed by atoms with E-state index in [-0.39, 0.29) is 23.6 Å². The third kappa shape index (κ3) is 3.65. The zero-order valence-corrected chi connectivity index (χ0v) is 13.7. The second-order valence-electron chi connectivity index (χ2n) is 5.72. The van der Waals surface area contributed by atoms with E-state index in [9.17, 15) is 20.1 Å². The van der Waals surface area contributed by atoms with Crippen molar-refractivity contribution in [2.45, 2.75) is 27.2 Å². The lowest BCUT2D eigenvalue weighted by Gasteiger charge is -2.11. The van der Waals surface area contributed by atoms with Gasteiger partial charge in [0.15, 0.2) is 5.78 Å². The van der Waals surface area contributed by atoms with E-state index in [2.05, 4.69) is 5.16 Å². The summed E-state index contributed by atoms with van der Waals surface area (Å²) in [5, 5.41) is 23.1. The maximum atomic E-state index is 12.6. The van der Waals surface area contributed by atoms with Gasteiger partial charge in [0.05, 0.1) is 17.1 Å². The van der Waals surface area contributed by atoms with Crippen molar-refractivity contribution in [1.29, 1.82) is 0 Å². The van der Waals surface area contributed by atoms with Gasteiger partial charge in [0.25, 0.3) is 5.69 Å². The lowest BCUT2D eigenvalue weighted by atomic mass is 9.93. The molecule has 0 saturated carbocycles.